The Labute approximate surface area is 279 Å². The monoisotopic (exact) mass is 811 g/mol. The Morgan fingerprint density at radius 1 is 1.00 bits per heavy atom. The lowest BCUT2D eigenvalue weighted by Crippen LogP contribution is -2.20. The van der Waals surface area contributed by atoms with Gasteiger partial charge < -0.3 is 9.47 Å². The Kier molecular flexibility index (Phi) is 9.83. The zero-order valence-corrected chi connectivity index (χ0v) is 28.1. The number of aromatic nitrogens is 2. The van der Waals surface area contributed by atoms with Crippen LogP contribution in [-0.4, -0.2) is 22.5 Å². The Morgan fingerprint density at radius 2 is 1.77 bits per heavy atom. The van der Waals surface area contributed by atoms with Gasteiger partial charge in [0.15, 0.2) is 17.3 Å². The fourth-order valence-corrected chi connectivity index (χ4v) is 6.07. The molecule has 5 rings (SSSR count). The van der Waals surface area contributed by atoms with E-state index < -0.39 is 17.3 Å². The maximum absolute atomic E-state index is 13.6. The van der Waals surface area contributed by atoms with Crippen molar-refractivity contribution in [2.24, 2.45) is 5.10 Å². The number of fused-ring (bicyclic) bond motifs is 1. The highest BCUT2D eigenvalue weighted by molar-refractivity contribution is 9.11. The largest absolute Gasteiger partial charge is 0.490 e. The van der Waals surface area contributed by atoms with Gasteiger partial charge in [0, 0.05) is 30.1 Å². The number of benzene rings is 4. The predicted molar refractivity (Wildman–Crippen MR) is 176 cm³/mol. The Morgan fingerprint density at radius 3 is 2.50 bits per heavy atom. The molecule has 4 aromatic carbocycles. The maximum Gasteiger partial charge on any atom is 0.416 e. The molecule has 44 heavy (non-hydrogen) atoms. The molecule has 13 heteroatoms. The van der Waals surface area contributed by atoms with Crippen LogP contribution in [0.25, 0.3) is 22.3 Å². The van der Waals surface area contributed by atoms with Gasteiger partial charge in [-0.05, 0) is 65.3 Å². The summed E-state index contributed by atoms with van der Waals surface area (Å²) >= 11 is 17.2. The molecule has 0 saturated heterocycles. The molecule has 6 nitrogen and oxygen atoms in total. The van der Waals surface area contributed by atoms with Crippen molar-refractivity contribution in [1.29, 1.82) is 0 Å². The van der Waals surface area contributed by atoms with Crippen LogP contribution in [0, 0.1) is 0 Å². The fraction of sp³-hybridized carbons (Fsp3) is 0.129. The molecule has 0 aliphatic heterocycles. The standard InChI is InChI=1S/C31H20Br3ClF3N3O3/c1-2-43-25-13-19(26(34)27(35)28(25)44-16-18-10-11-21(32)14-23(18)33)15-39-41-29(17-6-5-7-20(12-17)31(36,37)38)40-24-9-4-3-8-22(24)30(41)42/h3-15H,2,16H2,1H3. The van der Waals surface area contributed by atoms with E-state index in [1.165, 1.54) is 18.3 Å². The van der Waals surface area contributed by atoms with Gasteiger partial charge in [0.2, 0.25) is 0 Å². The molecular formula is C31H20Br3ClF3N3O3. The molecule has 0 bridgehead atoms. The molecule has 1 aromatic heterocycles. The van der Waals surface area contributed by atoms with Crippen LogP contribution in [0.1, 0.15) is 23.6 Å². The molecule has 0 radical (unpaired) electrons. The molecule has 0 N–H and O–H groups in total. The van der Waals surface area contributed by atoms with Gasteiger partial charge in [-0.1, -0.05) is 73.8 Å². The van der Waals surface area contributed by atoms with E-state index >= 15 is 0 Å². The molecule has 0 spiro atoms. The van der Waals surface area contributed by atoms with Gasteiger partial charge in [0.1, 0.15) is 11.6 Å². The van der Waals surface area contributed by atoms with E-state index in [-0.39, 0.29) is 28.4 Å². The number of alkyl halides is 3. The van der Waals surface area contributed by atoms with E-state index in [1.807, 2.05) is 18.2 Å². The van der Waals surface area contributed by atoms with Gasteiger partial charge in [-0.15, -0.1) is 0 Å². The minimum atomic E-state index is -4.59. The lowest BCUT2D eigenvalue weighted by Gasteiger charge is -2.17. The number of para-hydroxylation sites is 1. The molecule has 226 valence electrons. The Hall–Kier alpha value is -3.19. The van der Waals surface area contributed by atoms with Gasteiger partial charge in [0.25, 0.3) is 5.56 Å². The number of ether oxygens (including phenoxy) is 2. The van der Waals surface area contributed by atoms with Crippen molar-refractivity contribution in [3.63, 3.8) is 0 Å². The Balaban J connectivity index is 1.59. The number of halogens is 7. The van der Waals surface area contributed by atoms with E-state index in [1.54, 1.807) is 37.3 Å². The lowest BCUT2D eigenvalue weighted by molar-refractivity contribution is -0.137. The molecular weight excluding hydrogens is 795 g/mol. The highest BCUT2D eigenvalue weighted by atomic mass is 79.9. The summed E-state index contributed by atoms with van der Waals surface area (Å²) in [6.07, 6.45) is -3.24. The molecule has 0 saturated carbocycles. The maximum atomic E-state index is 13.6. The van der Waals surface area contributed by atoms with Gasteiger partial charge in [-0.3, -0.25) is 4.79 Å². The van der Waals surface area contributed by atoms with Crippen LogP contribution in [-0.2, 0) is 12.8 Å². The minimum Gasteiger partial charge on any atom is -0.490 e. The van der Waals surface area contributed by atoms with Crippen LogP contribution in [0.4, 0.5) is 13.2 Å². The zero-order valence-electron chi connectivity index (χ0n) is 22.6. The number of hydrogen-bond donors (Lipinski definition) is 0. The average Bonchev–Trinajstić information content (AvgIpc) is 2.99. The summed E-state index contributed by atoms with van der Waals surface area (Å²) in [6, 6.07) is 18.4. The number of nitrogens with zero attached hydrogens (tertiary/aromatic N) is 3. The number of hydrogen-bond acceptors (Lipinski definition) is 5. The third kappa shape index (κ3) is 6.88. The number of rotatable bonds is 8. The zero-order chi connectivity index (χ0) is 31.6. The van der Waals surface area contributed by atoms with Crippen molar-refractivity contribution in [3.05, 3.63) is 118 Å². The second-order valence-electron chi connectivity index (χ2n) is 9.27. The first-order valence-corrected chi connectivity index (χ1v) is 15.7. The van der Waals surface area contributed by atoms with Gasteiger partial charge in [-0.25, -0.2) is 4.98 Å². The third-order valence-corrected chi connectivity index (χ3v) is 9.03. The second-order valence-corrected chi connectivity index (χ2v) is 12.2. The van der Waals surface area contributed by atoms with Crippen molar-refractivity contribution in [2.75, 3.05) is 6.61 Å². The summed E-state index contributed by atoms with van der Waals surface area (Å²) in [6.45, 7) is 2.30. The highest BCUT2D eigenvalue weighted by Crippen LogP contribution is 2.43. The summed E-state index contributed by atoms with van der Waals surface area (Å²) in [5.41, 5.74) is 0.235. The van der Waals surface area contributed by atoms with Crippen molar-refractivity contribution in [1.82, 2.24) is 9.66 Å². The molecule has 1 heterocycles. The SMILES string of the molecule is CCOc1cc(C=Nn2c(-c3cccc(C(F)(F)F)c3)nc3ccccc3c2=O)c(Br)c(Cl)c1OCc1ccc(Br)cc1Br. The van der Waals surface area contributed by atoms with E-state index in [0.717, 1.165) is 31.3 Å². The average molecular weight is 815 g/mol. The van der Waals surface area contributed by atoms with E-state index in [9.17, 15) is 18.0 Å². The van der Waals surface area contributed by atoms with Gasteiger partial charge in [0.05, 0.1) is 29.3 Å². The minimum absolute atomic E-state index is 0.0646. The molecule has 0 aliphatic carbocycles. The van der Waals surface area contributed by atoms with Crippen LogP contribution in [0.2, 0.25) is 5.02 Å². The predicted octanol–water partition coefficient (Wildman–Crippen LogP) is 9.88. The third-order valence-electron chi connectivity index (χ3n) is 6.36. The van der Waals surface area contributed by atoms with Crippen molar-refractivity contribution in [3.8, 4) is 22.9 Å². The van der Waals surface area contributed by atoms with Crippen molar-refractivity contribution in [2.45, 2.75) is 19.7 Å². The fourth-order valence-electron chi connectivity index (χ4n) is 4.26. The summed E-state index contributed by atoms with van der Waals surface area (Å²) < 4.78 is 55.6. The first kappa shape index (κ1) is 32.2. The van der Waals surface area contributed by atoms with E-state index in [4.69, 9.17) is 21.1 Å². The van der Waals surface area contributed by atoms with E-state index in [0.29, 0.717) is 33.7 Å². The van der Waals surface area contributed by atoms with Crippen molar-refractivity contribution >= 4 is 76.5 Å². The Bertz CT molecular complexity index is 1970. The molecule has 5 aromatic rings. The molecule has 0 fully saturated rings. The van der Waals surface area contributed by atoms with Crippen LogP contribution in [0.15, 0.2) is 96.1 Å². The summed E-state index contributed by atoms with van der Waals surface area (Å²) in [4.78, 5) is 18.1. The molecule has 0 atom stereocenters. The summed E-state index contributed by atoms with van der Waals surface area (Å²) in [5.74, 6) is 0.558. The topological polar surface area (TPSA) is 65.7 Å². The normalized spacial score (nSPS) is 11.8. The second kappa shape index (κ2) is 13.4. The summed E-state index contributed by atoms with van der Waals surface area (Å²) in [7, 11) is 0. The van der Waals surface area contributed by atoms with E-state index in [2.05, 4.69) is 57.9 Å². The van der Waals surface area contributed by atoms with Crippen LogP contribution in [0.3, 0.4) is 0 Å². The lowest BCUT2D eigenvalue weighted by atomic mass is 10.1. The first-order valence-electron chi connectivity index (χ1n) is 12.9. The quantitative estimate of drug-likeness (QED) is 0.146. The molecule has 0 amide bonds. The molecule has 0 aliphatic rings. The van der Waals surface area contributed by atoms with Crippen LogP contribution >= 0.6 is 59.4 Å². The summed E-state index contributed by atoms with van der Waals surface area (Å²) in [5, 5.41) is 4.83. The first-order chi connectivity index (χ1) is 21.0. The van der Waals surface area contributed by atoms with Gasteiger partial charge in [-0.2, -0.15) is 22.9 Å². The van der Waals surface area contributed by atoms with Crippen molar-refractivity contribution < 1.29 is 22.6 Å². The van der Waals surface area contributed by atoms with Crippen LogP contribution in [0.5, 0.6) is 11.5 Å². The molecule has 0 unspecified atom stereocenters. The van der Waals surface area contributed by atoms with Gasteiger partial charge >= 0.3 is 6.18 Å². The highest BCUT2D eigenvalue weighted by Gasteiger charge is 2.31. The smallest absolute Gasteiger partial charge is 0.416 e. The van der Waals surface area contributed by atoms with Crippen LogP contribution < -0.4 is 15.0 Å².